The van der Waals surface area contributed by atoms with Crippen molar-refractivity contribution in [1.29, 1.82) is 0 Å². The van der Waals surface area contributed by atoms with Crippen LogP contribution in [0.1, 0.15) is 16.7 Å². The second-order valence-electron chi connectivity index (χ2n) is 5.52. The summed E-state index contributed by atoms with van der Waals surface area (Å²) >= 11 is 9.44. The van der Waals surface area contributed by atoms with Crippen molar-refractivity contribution in [3.05, 3.63) is 98.7 Å². The standard InChI is InChI=1S/C20H15BrClFO2/c1-25-18-8-4-6-16(19(18)23)20(24,13-9-11-14(22)12-10-13)15-5-2-3-7-17(15)21/h2-12,24H,1H3. The summed E-state index contributed by atoms with van der Waals surface area (Å²) < 4.78 is 20.8. The molecule has 0 heterocycles. The Balaban J connectivity index is 2.34. The van der Waals surface area contributed by atoms with Crippen LogP contribution in [0.4, 0.5) is 4.39 Å². The van der Waals surface area contributed by atoms with E-state index in [1.807, 2.05) is 6.07 Å². The zero-order valence-corrected chi connectivity index (χ0v) is 15.7. The molecule has 25 heavy (non-hydrogen) atoms. The van der Waals surface area contributed by atoms with Crippen LogP contribution in [-0.2, 0) is 5.60 Å². The predicted molar refractivity (Wildman–Crippen MR) is 101 cm³/mol. The fraction of sp³-hybridized carbons (Fsp3) is 0.100. The molecular formula is C20H15BrClFO2. The second kappa shape index (κ2) is 7.16. The van der Waals surface area contributed by atoms with Crippen molar-refractivity contribution in [2.45, 2.75) is 5.60 Å². The Hall–Kier alpha value is -1.88. The Labute approximate surface area is 159 Å². The van der Waals surface area contributed by atoms with E-state index < -0.39 is 11.4 Å². The van der Waals surface area contributed by atoms with Gasteiger partial charge < -0.3 is 9.84 Å². The summed E-state index contributed by atoms with van der Waals surface area (Å²) in [5, 5.41) is 12.3. The Kier molecular flexibility index (Phi) is 5.13. The van der Waals surface area contributed by atoms with E-state index in [4.69, 9.17) is 16.3 Å². The van der Waals surface area contributed by atoms with Gasteiger partial charge in [-0.2, -0.15) is 0 Å². The maximum atomic E-state index is 15.0. The lowest BCUT2D eigenvalue weighted by Gasteiger charge is -2.31. The highest BCUT2D eigenvalue weighted by Crippen LogP contribution is 2.42. The van der Waals surface area contributed by atoms with Crippen molar-refractivity contribution in [2.24, 2.45) is 0 Å². The number of halogens is 3. The van der Waals surface area contributed by atoms with Gasteiger partial charge in [0.15, 0.2) is 11.6 Å². The van der Waals surface area contributed by atoms with E-state index >= 15 is 4.39 Å². The Morgan fingerprint density at radius 2 is 1.60 bits per heavy atom. The number of rotatable bonds is 4. The zero-order chi connectivity index (χ0) is 18.0. The van der Waals surface area contributed by atoms with Crippen LogP contribution >= 0.6 is 27.5 Å². The van der Waals surface area contributed by atoms with Gasteiger partial charge in [-0.05, 0) is 29.8 Å². The molecule has 1 atom stereocenters. The molecule has 0 aliphatic carbocycles. The summed E-state index contributed by atoms with van der Waals surface area (Å²) in [6.45, 7) is 0. The molecule has 128 valence electrons. The summed E-state index contributed by atoms with van der Waals surface area (Å²) in [6.07, 6.45) is 0. The highest BCUT2D eigenvalue weighted by molar-refractivity contribution is 9.10. The maximum Gasteiger partial charge on any atom is 0.171 e. The molecule has 3 rings (SSSR count). The fourth-order valence-electron chi connectivity index (χ4n) is 2.85. The molecule has 0 aliphatic rings. The molecule has 2 nitrogen and oxygen atoms in total. The first-order valence-corrected chi connectivity index (χ1v) is 8.72. The molecule has 0 radical (unpaired) electrons. The number of benzene rings is 3. The van der Waals surface area contributed by atoms with E-state index in [0.29, 0.717) is 20.6 Å². The third-order valence-electron chi connectivity index (χ3n) is 4.10. The van der Waals surface area contributed by atoms with Gasteiger partial charge in [-0.25, -0.2) is 4.39 Å². The van der Waals surface area contributed by atoms with Crippen LogP contribution in [0.2, 0.25) is 5.02 Å². The molecule has 0 aliphatic heterocycles. The Morgan fingerprint density at radius 1 is 0.960 bits per heavy atom. The van der Waals surface area contributed by atoms with Gasteiger partial charge in [0.1, 0.15) is 5.60 Å². The van der Waals surface area contributed by atoms with Crippen molar-refractivity contribution in [3.63, 3.8) is 0 Å². The summed E-state index contributed by atoms with van der Waals surface area (Å²) in [6, 6.07) is 18.6. The van der Waals surface area contributed by atoms with Crippen molar-refractivity contribution >= 4 is 27.5 Å². The van der Waals surface area contributed by atoms with Crippen LogP contribution in [-0.4, -0.2) is 12.2 Å². The molecule has 1 N–H and O–H groups in total. The molecule has 0 amide bonds. The number of hydrogen-bond acceptors (Lipinski definition) is 2. The minimum absolute atomic E-state index is 0.0666. The van der Waals surface area contributed by atoms with E-state index in [0.717, 1.165) is 0 Å². The average molecular weight is 422 g/mol. The molecule has 3 aromatic carbocycles. The van der Waals surface area contributed by atoms with Gasteiger partial charge in [-0.15, -0.1) is 0 Å². The van der Waals surface area contributed by atoms with E-state index in [-0.39, 0.29) is 11.3 Å². The van der Waals surface area contributed by atoms with Gasteiger partial charge in [-0.1, -0.05) is 70.0 Å². The zero-order valence-electron chi connectivity index (χ0n) is 13.3. The molecule has 0 spiro atoms. The van der Waals surface area contributed by atoms with Crippen LogP contribution < -0.4 is 4.74 Å². The SMILES string of the molecule is COc1cccc(C(O)(c2ccc(Cl)cc2)c2ccccc2Br)c1F. The van der Waals surface area contributed by atoms with Gasteiger partial charge in [0.25, 0.3) is 0 Å². The van der Waals surface area contributed by atoms with Crippen LogP contribution in [0.15, 0.2) is 71.2 Å². The quantitative estimate of drug-likeness (QED) is 0.561. The van der Waals surface area contributed by atoms with Crippen LogP contribution in [0.3, 0.4) is 0 Å². The summed E-state index contributed by atoms with van der Waals surface area (Å²) in [4.78, 5) is 0. The minimum Gasteiger partial charge on any atom is -0.494 e. The van der Waals surface area contributed by atoms with E-state index in [1.165, 1.54) is 13.2 Å². The van der Waals surface area contributed by atoms with Gasteiger partial charge in [0.05, 0.1) is 7.11 Å². The average Bonchev–Trinajstić information content (AvgIpc) is 2.62. The van der Waals surface area contributed by atoms with E-state index in [2.05, 4.69) is 15.9 Å². The highest BCUT2D eigenvalue weighted by atomic mass is 79.9. The lowest BCUT2D eigenvalue weighted by molar-refractivity contribution is 0.119. The van der Waals surface area contributed by atoms with Crippen LogP contribution in [0.25, 0.3) is 0 Å². The number of ether oxygens (including phenoxy) is 1. The van der Waals surface area contributed by atoms with Gasteiger partial charge in [-0.3, -0.25) is 0 Å². The summed E-state index contributed by atoms with van der Waals surface area (Å²) in [5.74, 6) is -0.546. The smallest absolute Gasteiger partial charge is 0.171 e. The van der Waals surface area contributed by atoms with Crippen LogP contribution in [0, 0.1) is 5.82 Å². The number of aliphatic hydroxyl groups is 1. The Morgan fingerprint density at radius 3 is 2.24 bits per heavy atom. The minimum atomic E-state index is -1.72. The molecule has 0 fully saturated rings. The molecule has 0 saturated heterocycles. The largest absolute Gasteiger partial charge is 0.494 e. The van der Waals surface area contributed by atoms with Gasteiger partial charge in [0.2, 0.25) is 0 Å². The summed E-state index contributed by atoms with van der Waals surface area (Å²) in [5.41, 5.74) is -0.606. The topological polar surface area (TPSA) is 29.5 Å². The lowest BCUT2D eigenvalue weighted by Crippen LogP contribution is -2.30. The maximum absolute atomic E-state index is 15.0. The number of methoxy groups -OCH3 is 1. The summed E-state index contributed by atoms with van der Waals surface area (Å²) in [7, 11) is 1.39. The second-order valence-corrected chi connectivity index (χ2v) is 6.81. The molecule has 0 saturated carbocycles. The van der Waals surface area contributed by atoms with Gasteiger partial charge in [0, 0.05) is 20.6 Å². The predicted octanol–water partition coefficient (Wildman–Crippen LogP) is 5.53. The number of hydrogen-bond donors (Lipinski definition) is 1. The van der Waals surface area contributed by atoms with Crippen molar-refractivity contribution in [2.75, 3.05) is 7.11 Å². The van der Waals surface area contributed by atoms with Crippen molar-refractivity contribution < 1.29 is 14.2 Å². The first-order chi connectivity index (χ1) is 12.0. The molecular weight excluding hydrogens is 407 g/mol. The first-order valence-electron chi connectivity index (χ1n) is 7.55. The van der Waals surface area contributed by atoms with Crippen molar-refractivity contribution in [3.8, 4) is 5.75 Å². The monoisotopic (exact) mass is 420 g/mol. The molecule has 5 heteroatoms. The molecule has 3 aromatic rings. The highest BCUT2D eigenvalue weighted by Gasteiger charge is 2.38. The third-order valence-corrected chi connectivity index (χ3v) is 5.04. The normalized spacial score (nSPS) is 13.3. The molecule has 1 unspecified atom stereocenters. The fourth-order valence-corrected chi connectivity index (χ4v) is 3.55. The Bertz CT molecular complexity index is 898. The molecule has 0 bridgehead atoms. The van der Waals surface area contributed by atoms with Gasteiger partial charge >= 0.3 is 0 Å². The van der Waals surface area contributed by atoms with Crippen LogP contribution in [0.5, 0.6) is 5.75 Å². The first kappa shape index (κ1) is 17.9. The van der Waals surface area contributed by atoms with E-state index in [1.54, 1.807) is 54.6 Å². The van der Waals surface area contributed by atoms with E-state index in [9.17, 15) is 5.11 Å². The molecule has 0 aromatic heterocycles. The lowest BCUT2D eigenvalue weighted by atomic mass is 9.80. The van der Waals surface area contributed by atoms with Crippen molar-refractivity contribution in [1.82, 2.24) is 0 Å². The third kappa shape index (κ3) is 3.17.